The minimum absolute atomic E-state index is 0.0514. The molecule has 0 unspecified atom stereocenters. The highest BCUT2D eigenvalue weighted by atomic mass is 32.2. The van der Waals surface area contributed by atoms with Gasteiger partial charge >= 0.3 is 0 Å². The lowest BCUT2D eigenvalue weighted by Gasteiger charge is -2.20. The van der Waals surface area contributed by atoms with Gasteiger partial charge in [0.2, 0.25) is 0 Å². The molecule has 2 aromatic rings. The number of sulfone groups is 1. The van der Waals surface area contributed by atoms with Gasteiger partial charge in [0.05, 0.1) is 18.5 Å². The Bertz CT molecular complexity index is 1160. The molecule has 1 aliphatic heterocycles. The summed E-state index contributed by atoms with van der Waals surface area (Å²) < 4.78 is 31.2. The Kier molecular flexibility index (Phi) is 9.16. The molecule has 0 amide bonds. The molecule has 35 heavy (non-hydrogen) atoms. The fraction of sp³-hybridized carbons (Fsp3) is 0.429. The summed E-state index contributed by atoms with van der Waals surface area (Å²) in [6, 6.07) is 13.0. The number of phenolic OH excluding ortho intramolecular Hbond substituents is 1. The van der Waals surface area contributed by atoms with E-state index in [9.17, 15) is 23.7 Å². The maximum absolute atomic E-state index is 12.7. The van der Waals surface area contributed by atoms with Gasteiger partial charge in [-0.3, -0.25) is 0 Å². The largest absolute Gasteiger partial charge is 0.507 e. The zero-order valence-electron chi connectivity index (χ0n) is 20.7. The van der Waals surface area contributed by atoms with E-state index in [0.717, 1.165) is 35.1 Å². The smallest absolute Gasteiger partial charge is 0.163 e. The molecule has 190 valence electrons. The molecule has 0 radical (unpaired) electrons. The van der Waals surface area contributed by atoms with Crippen molar-refractivity contribution in [3.8, 4) is 11.5 Å². The summed E-state index contributed by atoms with van der Waals surface area (Å²) in [6.45, 7) is 5.31. The third-order valence-corrected chi connectivity index (χ3v) is 8.46. The maximum atomic E-state index is 12.7. The molecule has 3 N–H and O–H groups in total. The lowest BCUT2D eigenvalue weighted by atomic mass is 9.93. The third kappa shape index (κ3) is 6.75. The SMILES string of the molecule is CCC/C(=C\c1cc(C)c(O)c(C)c1)CC[C@@H](O)C1=C(COc2ccccc2)CS(=O)(=O)[C@H]1CO. The van der Waals surface area contributed by atoms with Gasteiger partial charge in [0, 0.05) is 0 Å². The second-order valence-electron chi connectivity index (χ2n) is 9.25. The molecule has 3 rings (SSSR count). The Morgan fingerprint density at radius 3 is 2.40 bits per heavy atom. The number of aliphatic hydroxyl groups excluding tert-OH is 2. The number of para-hydroxylation sites is 1. The predicted octanol–water partition coefficient (Wildman–Crippen LogP) is 4.50. The zero-order chi connectivity index (χ0) is 25.6. The van der Waals surface area contributed by atoms with Crippen molar-refractivity contribution in [1.82, 2.24) is 0 Å². The molecule has 2 atom stereocenters. The van der Waals surface area contributed by atoms with Gasteiger partial charge in [-0.25, -0.2) is 8.42 Å². The van der Waals surface area contributed by atoms with Gasteiger partial charge in [-0.1, -0.05) is 43.2 Å². The van der Waals surface area contributed by atoms with Crippen molar-refractivity contribution in [3.63, 3.8) is 0 Å². The van der Waals surface area contributed by atoms with E-state index in [0.29, 0.717) is 35.5 Å². The molecule has 0 aliphatic carbocycles. The van der Waals surface area contributed by atoms with Crippen LogP contribution in [0.1, 0.15) is 49.3 Å². The molecular weight excluding hydrogens is 464 g/mol. The Hall–Kier alpha value is -2.61. The summed E-state index contributed by atoms with van der Waals surface area (Å²) in [5.41, 5.74) is 4.63. The topological polar surface area (TPSA) is 104 Å². The Labute approximate surface area is 208 Å². The second kappa shape index (κ2) is 11.9. The first-order chi connectivity index (χ1) is 16.7. The average Bonchev–Trinajstić information content (AvgIpc) is 3.09. The normalized spacial score (nSPS) is 18.7. The molecule has 0 bridgehead atoms. The standard InChI is InChI=1S/C28H36O6S/c1-4-8-21(15-22-13-19(2)28(31)20(3)14-22)11-12-25(30)27-23(18-35(32,33)26(27)16-29)17-34-24-9-6-5-7-10-24/h5-7,9-10,13-15,25-26,29-31H,4,8,11-12,16-18H2,1-3H3/b21-15+/t25-,26+/m1/s1. The van der Waals surface area contributed by atoms with Gasteiger partial charge in [-0.05, 0) is 85.2 Å². The summed E-state index contributed by atoms with van der Waals surface area (Å²) in [4.78, 5) is 0. The van der Waals surface area contributed by atoms with Gasteiger partial charge in [0.1, 0.15) is 23.4 Å². The lowest BCUT2D eigenvalue weighted by Crippen LogP contribution is -2.29. The van der Waals surface area contributed by atoms with E-state index >= 15 is 0 Å². The summed E-state index contributed by atoms with van der Waals surface area (Å²) in [7, 11) is -3.60. The zero-order valence-corrected chi connectivity index (χ0v) is 21.5. The molecule has 2 aromatic carbocycles. The van der Waals surface area contributed by atoms with Crippen molar-refractivity contribution in [1.29, 1.82) is 0 Å². The number of aryl methyl sites for hydroxylation is 2. The van der Waals surface area contributed by atoms with E-state index in [4.69, 9.17) is 4.74 Å². The number of phenols is 1. The monoisotopic (exact) mass is 500 g/mol. The van der Waals surface area contributed by atoms with Gasteiger partial charge < -0.3 is 20.1 Å². The van der Waals surface area contributed by atoms with Crippen molar-refractivity contribution in [2.24, 2.45) is 0 Å². The number of hydrogen-bond donors (Lipinski definition) is 3. The summed E-state index contributed by atoms with van der Waals surface area (Å²) >= 11 is 0. The van der Waals surface area contributed by atoms with Crippen LogP contribution in [0, 0.1) is 13.8 Å². The van der Waals surface area contributed by atoms with Crippen LogP contribution in [-0.2, 0) is 9.84 Å². The fourth-order valence-electron chi connectivity index (χ4n) is 4.70. The third-order valence-electron chi connectivity index (χ3n) is 6.44. The average molecular weight is 501 g/mol. The first-order valence-electron chi connectivity index (χ1n) is 12.1. The lowest BCUT2D eigenvalue weighted by molar-refractivity contribution is 0.187. The minimum Gasteiger partial charge on any atom is -0.507 e. The minimum atomic E-state index is -3.60. The molecular formula is C28H36O6S. The molecule has 7 heteroatoms. The number of aromatic hydroxyl groups is 1. The van der Waals surface area contributed by atoms with Gasteiger partial charge in [-0.2, -0.15) is 0 Å². The van der Waals surface area contributed by atoms with Crippen LogP contribution >= 0.6 is 0 Å². The van der Waals surface area contributed by atoms with E-state index < -0.39 is 27.8 Å². The number of rotatable bonds is 11. The number of aliphatic hydroxyl groups is 2. The molecule has 6 nitrogen and oxygen atoms in total. The summed E-state index contributed by atoms with van der Waals surface area (Å²) in [6.07, 6.45) is 3.79. The van der Waals surface area contributed by atoms with E-state index in [-0.39, 0.29) is 12.4 Å². The van der Waals surface area contributed by atoms with Gasteiger partial charge in [0.15, 0.2) is 9.84 Å². The van der Waals surface area contributed by atoms with E-state index in [1.54, 1.807) is 12.1 Å². The molecule has 1 heterocycles. The maximum Gasteiger partial charge on any atom is 0.163 e. The van der Waals surface area contributed by atoms with Gasteiger partial charge in [0.25, 0.3) is 0 Å². The second-order valence-corrected chi connectivity index (χ2v) is 11.4. The van der Waals surface area contributed by atoms with Crippen LogP contribution in [0.5, 0.6) is 11.5 Å². The molecule has 0 aromatic heterocycles. The van der Waals surface area contributed by atoms with Crippen LogP contribution in [0.15, 0.2) is 59.2 Å². The molecule has 0 saturated heterocycles. The van der Waals surface area contributed by atoms with E-state index in [2.05, 4.69) is 13.0 Å². The van der Waals surface area contributed by atoms with Gasteiger partial charge in [-0.15, -0.1) is 0 Å². The van der Waals surface area contributed by atoms with Crippen molar-refractivity contribution in [3.05, 3.63) is 75.9 Å². The molecule has 0 saturated carbocycles. The van der Waals surface area contributed by atoms with E-state index in [1.807, 2.05) is 44.2 Å². The summed E-state index contributed by atoms with van der Waals surface area (Å²) in [5.74, 6) is 0.692. The van der Waals surface area contributed by atoms with Crippen LogP contribution in [0.4, 0.5) is 0 Å². The number of hydrogen-bond acceptors (Lipinski definition) is 6. The highest BCUT2D eigenvalue weighted by molar-refractivity contribution is 7.92. The highest BCUT2D eigenvalue weighted by Gasteiger charge is 2.41. The van der Waals surface area contributed by atoms with Crippen LogP contribution in [0.2, 0.25) is 0 Å². The molecule has 0 spiro atoms. The quantitative estimate of drug-likeness (QED) is 0.393. The van der Waals surface area contributed by atoms with Crippen LogP contribution in [-0.4, -0.2) is 54.1 Å². The van der Waals surface area contributed by atoms with Crippen LogP contribution in [0.3, 0.4) is 0 Å². The predicted molar refractivity (Wildman–Crippen MR) is 139 cm³/mol. The van der Waals surface area contributed by atoms with Crippen LogP contribution in [0.25, 0.3) is 6.08 Å². The molecule has 1 aliphatic rings. The van der Waals surface area contributed by atoms with Crippen molar-refractivity contribution in [2.45, 2.75) is 57.8 Å². The van der Waals surface area contributed by atoms with Crippen molar-refractivity contribution >= 4 is 15.9 Å². The number of allylic oxidation sites excluding steroid dienone is 1. The van der Waals surface area contributed by atoms with Crippen molar-refractivity contribution in [2.75, 3.05) is 19.0 Å². The van der Waals surface area contributed by atoms with Crippen molar-refractivity contribution < 1.29 is 28.5 Å². The number of benzene rings is 2. The Morgan fingerprint density at radius 1 is 1.14 bits per heavy atom. The first-order valence-corrected chi connectivity index (χ1v) is 13.8. The van der Waals surface area contributed by atoms with E-state index in [1.165, 1.54) is 0 Å². The first kappa shape index (κ1) is 27.0. The fourth-order valence-corrected chi connectivity index (χ4v) is 6.57. The highest BCUT2D eigenvalue weighted by Crippen LogP contribution is 2.33. The van der Waals surface area contributed by atoms with Crippen LogP contribution < -0.4 is 4.74 Å². The Morgan fingerprint density at radius 2 is 1.80 bits per heavy atom. The summed E-state index contributed by atoms with van der Waals surface area (Å²) in [5, 5.41) is 29.9. The Balaban J connectivity index is 1.81. The molecule has 0 fully saturated rings. The number of ether oxygens (including phenoxy) is 1.